The molecular weight excluding hydrogens is 210 g/mol. The van der Waals surface area contributed by atoms with E-state index >= 15 is 0 Å². The van der Waals surface area contributed by atoms with E-state index in [9.17, 15) is 0 Å². The van der Waals surface area contributed by atoms with E-state index in [0.717, 1.165) is 38.0 Å². The molecule has 0 heterocycles. The molecule has 17 heavy (non-hydrogen) atoms. The van der Waals surface area contributed by atoms with Gasteiger partial charge in [-0.2, -0.15) is 0 Å². The summed E-state index contributed by atoms with van der Waals surface area (Å²) in [6.45, 7) is 9.75. The zero-order valence-corrected chi connectivity index (χ0v) is 12.0. The van der Waals surface area contributed by atoms with Crippen molar-refractivity contribution in [3.8, 4) is 0 Å². The Labute approximate surface area is 108 Å². The summed E-state index contributed by atoms with van der Waals surface area (Å²) in [6, 6.07) is 0.592. The van der Waals surface area contributed by atoms with E-state index in [1.165, 1.54) is 32.1 Å². The molecule has 0 spiro atoms. The molecule has 0 aliphatic heterocycles. The van der Waals surface area contributed by atoms with Crippen LogP contribution in [-0.2, 0) is 4.74 Å². The summed E-state index contributed by atoms with van der Waals surface area (Å²) in [7, 11) is 0. The summed E-state index contributed by atoms with van der Waals surface area (Å²) in [4.78, 5) is 0. The molecule has 0 bridgehead atoms. The van der Waals surface area contributed by atoms with Gasteiger partial charge in [-0.3, -0.25) is 0 Å². The highest BCUT2D eigenvalue weighted by molar-refractivity contribution is 4.81. The van der Waals surface area contributed by atoms with Crippen LogP contribution in [0.15, 0.2) is 0 Å². The first-order valence-corrected chi connectivity index (χ1v) is 7.59. The average molecular weight is 241 g/mol. The Morgan fingerprint density at radius 3 is 2.41 bits per heavy atom. The minimum Gasteiger partial charge on any atom is -0.380 e. The second kappa shape index (κ2) is 8.93. The highest BCUT2D eigenvalue weighted by Gasteiger charge is 2.25. The van der Waals surface area contributed by atoms with Crippen LogP contribution in [0.3, 0.4) is 0 Å². The number of nitrogens with one attached hydrogen (secondary N) is 1. The average Bonchev–Trinajstić information content (AvgIpc) is 2.35. The van der Waals surface area contributed by atoms with E-state index < -0.39 is 0 Å². The van der Waals surface area contributed by atoms with Gasteiger partial charge in [-0.1, -0.05) is 33.6 Å². The normalized spacial score (nSPS) is 27.0. The molecule has 1 atom stereocenters. The van der Waals surface area contributed by atoms with Gasteiger partial charge in [0.05, 0.1) is 6.61 Å². The largest absolute Gasteiger partial charge is 0.380 e. The number of ether oxygens (including phenoxy) is 1. The van der Waals surface area contributed by atoms with Crippen molar-refractivity contribution in [2.45, 2.75) is 65.3 Å². The van der Waals surface area contributed by atoms with Gasteiger partial charge in [0.15, 0.2) is 0 Å². The maximum atomic E-state index is 5.76. The Balaban J connectivity index is 2.32. The third-order valence-corrected chi connectivity index (χ3v) is 3.93. The predicted octanol–water partition coefficient (Wildman–Crippen LogP) is 3.61. The zero-order valence-electron chi connectivity index (χ0n) is 12.0. The van der Waals surface area contributed by atoms with Crippen LogP contribution < -0.4 is 5.32 Å². The van der Waals surface area contributed by atoms with Crippen LogP contribution in [0.2, 0.25) is 0 Å². The van der Waals surface area contributed by atoms with Crippen molar-refractivity contribution in [3.63, 3.8) is 0 Å². The second-order valence-corrected chi connectivity index (χ2v) is 5.66. The molecule has 0 saturated heterocycles. The first kappa shape index (κ1) is 15.0. The summed E-state index contributed by atoms with van der Waals surface area (Å²) in [5, 5.41) is 3.69. The topological polar surface area (TPSA) is 21.3 Å². The predicted molar refractivity (Wildman–Crippen MR) is 74.3 cm³/mol. The Kier molecular flexibility index (Phi) is 7.87. The molecule has 0 aromatic heterocycles. The SMILES string of the molecule is CCCNC(COCCC)C1CCC(C)CC1. The van der Waals surface area contributed by atoms with Crippen LogP contribution in [0.5, 0.6) is 0 Å². The summed E-state index contributed by atoms with van der Waals surface area (Å²) in [5.74, 6) is 1.78. The quantitative estimate of drug-likeness (QED) is 0.656. The molecule has 1 fully saturated rings. The van der Waals surface area contributed by atoms with Crippen molar-refractivity contribution in [1.29, 1.82) is 0 Å². The molecule has 2 heteroatoms. The van der Waals surface area contributed by atoms with Crippen LogP contribution in [-0.4, -0.2) is 25.8 Å². The molecule has 0 aromatic carbocycles. The molecule has 0 aromatic rings. The third-order valence-electron chi connectivity index (χ3n) is 3.93. The number of hydrogen-bond acceptors (Lipinski definition) is 2. The highest BCUT2D eigenvalue weighted by atomic mass is 16.5. The van der Waals surface area contributed by atoms with Gasteiger partial charge < -0.3 is 10.1 Å². The lowest BCUT2D eigenvalue weighted by Gasteiger charge is -2.33. The van der Waals surface area contributed by atoms with E-state index in [-0.39, 0.29) is 0 Å². The van der Waals surface area contributed by atoms with Gasteiger partial charge >= 0.3 is 0 Å². The van der Waals surface area contributed by atoms with Gasteiger partial charge in [0, 0.05) is 12.6 Å². The van der Waals surface area contributed by atoms with Crippen molar-refractivity contribution >= 4 is 0 Å². The molecule has 1 rings (SSSR count). The first-order chi connectivity index (χ1) is 8.27. The summed E-state index contributed by atoms with van der Waals surface area (Å²) in [5.41, 5.74) is 0. The van der Waals surface area contributed by atoms with Crippen LogP contribution in [0.25, 0.3) is 0 Å². The van der Waals surface area contributed by atoms with E-state index in [1.54, 1.807) is 0 Å². The molecule has 1 aliphatic rings. The minimum absolute atomic E-state index is 0.592. The van der Waals surface area contributed by atoms with E-state index in [4.69, 9.17) is 4.74 Å². The summed E-state index contributed by atoms with van der Waals surface area (Å²) < 4.78 is 5.76. The van der Waals surface area contributed by atoms with Crippen molar-refractivity contribution in [2.24, 2.45) is 11.8 Å². The van der Waals surface area contributed by atoms with Gasteiger partial charge in [0.1, 0.15) is 0 Å². The van der Waals surface area contributed by atoms with Gasteiger partial charge in [0.2, 0.25) is 0 Å². The van der Waals surface area contributed by atoms with Crippen molar-refractivity contribution in [1.82, 2.24) is 5.32 Å². The van der Waals surface area contributed by atoms with E-state index in [1.807, 2.05) is 0 Å². The van der Waals surface area contributed by atoms with Crippen molar-refractivity contribution < 1.29 is 4.74 Å². The molecule has 1 aliphatic carbocycles. The van der Waals surface area contributed by atoms with Crippen LogP contribution in [0, 0.1) is 11.8 Å². The van der Waals surface area contributed by atoms with Gasteiger partial charge in [0.25, 0.3) is 0 Å². The summed E-state index contributed by atoms with van der Waals surface area (Å²) >= 11 is 0. The van der Waals surface area contributed by atoms with Crippen molar-refractivity contribution in [3.05, 3.63) is 0 Å². The zero-order chi connectivity index (χ0) is 12.5. The van der Waals surface area contributed by atoms with Crippen LogP contribution >= 0.6 is 0 Å². The maximum absolute atomic E-state index is 5.76. The molecular formula is C15H31NO. The van der Waals surface area contributed by atoms with Gasteiger partial charge in [-0.05, 0) is 44.1 Å². The third kappa shape index (κ3) is 5.87. The van der Waals surface area contributed by atoms with Crippen LogP contribution in [0.4, 0.5) is 0 Å². The number of hydrogen-bond donors (Lipinski definition) is 1. The number of rotatable bonds is 8. The lowest BCUT2D eigenvalue weighted by Crippen LogP contribution is -2.42. The Hall–Kier alpha value is -0.0800. The first-order valence-electron chi connectivity index (χ1n) is 7.59. The lowest BCUT2D eigenvalue weighted by atomic mass is 9.79. The monoisotopic (exact) mass is 241 g/mol. The highest BCUT2D eigenvalue weighted by Crippen LogP contribution is 2.30. The molecule has 0 amide bonds. The van der Waals surface area contributed by atoms with Gasteiger partial charge in [-0.25, -0.2) is 0 Å². The van der Waals surface area contributed by atoms with Crippen molar-refractivity contribution in [2.75, 3.05) is 19.8 Å². The van der Waals surface area contributed by atoms with Crippen LogP contribution in [0.1, 0.15) is 59.3 Å². The molecule has 102 valence electrons. The maximum Gasteiger partial charge on any atom is 0.0622 e. The smallest absolute Gasteiger partial charge is 0.0622 e. The van der Waals surface area contributed by atoms with E-state index in [2.05, 4.69) is 26.1 Å². The fraction of sp³-hybridized carbons (Fsp3) is 1.00. The molecule has 1 saturated carbocycles. The van der Waals surface area contributed by atoms with E-state index in [0.29, 0.717) is 6.04 Å². The fourth-order valence-electron chi connectivity index (χ4n) is 2.73. The second-order valence-electron chi connectivity index (χ2n) is 5.66. The standard InChI is InChI=1S/C15H31NO/c1-4-10-16-15(12-17-11-5-2)14-8-6-13(3)7-9-14/h13-16H,4-12H2,1-3H3. The minimum atomic E-state index is 0.592. The Morgan fingerprint density at radius 1 is 1.12 bits per heavy atom. The molecule has 1 unspecified atom stereocenters. The molecule has 2 nitrogen and oxygen atoms in total. The fourth-order valence-corrected chi connectivity index (χ4v) is 2.73. The lowest BCUT2D eigenvalue weighted by molar-refractivity contribution is 0.0808. The van der Waals surface area contributed by atoms with Gasteiger partial charge in [-0.15, -0.1) is 0 Å². The Morgan fingerprint density at radius 2 is 1.82 bits per heavy atom. The molecule has 0 radical (unpaired) electrons. The summed E-state index contributed by atoms with van der Waals surface area (Å²) in [6.07, 6.45) is 7.93. The Bertz CT molecular complexity index is 176. The molecule has 1 N–H and O–H groups in total.